The van der Waals surface area contributed by atoms with E-state index in [1.807, 2.05) is 36.4 Å². The summed E-state index contributed by atoms with van der Waals surface area (Å²) in [5.41, 5.74) is 3.49. The molecule has 18 heavy (non-hydrogen) atoms. The van der Waals surface area contributed by atoms with Gasteiger partial charge in [0.2, 0.25) is 0 Å². The quantitative estimate of drug-likeness (QED) is 0.830. The Hall–Kier alpha value is -2.11. The summed E-state index contributed by atoms with van der Waals surface area (Å²) >= 11 is 0. The topological polar surface area (TPSA) is 44.0 Å². The second-order valence-corrected chi connectivity index (χ2v) is 4.25. The third-order valence-electron chi connectivity index (χ3n) is 2.89. The van der Waals surface area contributed by atoms with Gasteiger partial charge in [0.15, 0.2) is 0 Å². The van der Waals surface area contributed by atoms with E-state index in [9.17, 15) is 5.11 Å². The molecule has 2 aromatic carbocycles. The summed E-state index contributed by atoms with van der Waals surface area (Å²) < 4.78 is 0. The van der Waals surface area contributed by atoms with Crippen LogP contribution in [0.3, 0.4) is 0 Å². The lowest BCUT2D eigenvalue weighted by Crippen LogP contribution is -2.03. The van der Waals surface area contributed by atoms with Gasteiger partial charge < -0.3 is 5.11 Å². The molecular weight excluding hydrogens is 222 g/mol. The van der Waals surface area contributed by atoms with E-state index in [1.165, 1.54) is 11.1 Å². The standard InChI is InChI=1S/C16H15NO/c17-12-16(18)10-9-13-5-4-8-15(11-13)14-6-2-1-3-7-14/h1-8,11,16,18H,9-10H2. The molecule has 0 fully saturated rings. The van der Waals surface area contributed by atoms with E-state index >= 15 is 0 Å². The Balaban J connectivity index is 2.14. The molecule has 0 saturated carbocycles. The van der Waals surface area contributed by atoms with Crippen molar-refractivity contribution in [2.75, 3.05) is 0 Å². The number of benzene rings is 2. The minimum atomic E-state index is -0.870. The molecule has 2 rings (SSSR count). The van der Waals surface area contributed by atoms with Gasteiger partial charge >= 0.3 is 0 Å². The van der Waals surface area contributed by atoms with E-state index in [1.54, 1.807) is 0 Å². The highest BCUT2D eigenvalue weighted by Gasteiger charge is 2.03. The molecule has 2 heteroatoms. The normalized spacial score (nSPS) is 11.8. The Morgan fingerprint density at radius 3 is 2.44 bits per heavy atom. The van der Waals surface area contributed by atoms with Gasteiger partial charge in [-0.1, -0.05) is 54.6 Å². The molecule has 2 aromatic rings. The van der Waals surface area contributed by atoms with Crippen LogP contribution in [-0.2, 0) is 6.42 Å². The first kappa shape index (κ1) is 12.3. The zero-order valence-corrected chi connectivity index (χ0v) is 10.1. The summed E-state index contributed by atoms with van der Waals surface area (Å²) in [4.78, 5) is 0. The maximum absolute atomic E-state index is 9.24. The highest BCUT2D eigenvalue weighted by molar-refractivity contribution is 5.63. The molecule has 1 N–H and O–H groups in total. The molecule has 1 atom stereocenters. The van der Waals surface area contributed by atoms with Crippen molar-refractivity contribution in [2.24, 2.45) is 0 Å². The second-order valence-electron chi connectivity index (χ2n) is 4.25. The zero-order chi connectivity index (χ0) is 12.8. The van der Waals surface area contributed by atoms with Crippen molar-refractivity contribution in [1.82, 2.24) is 0 Å². The van der Waals surface area contributed by atoms with E-state index in [4.69, 9.17) is 5.26 Å². The van der Waals surface area contributed by atoms with Crippen LogP contribution in [0.4, 0.5) is 0 Å². The molecule has 1 unspecified atom stereocenters. The lowest BCUT2D eigenvalue weighted by Gasteiger charge is -2.06. The summed E-state index contributed by atoms with van der Waals surface area (Å²) in [6, 6.07) is 20.2. The number of rotatable bonds is 4. The summed E-state index contributed by atoms with van der Waals surface area (Å²) in [6.07, 6.45) is 0.329. The lowest BCUT2D eigenvalue weighted by atomic mass is 10.0. The third kappa shape index (κ3) is 3.19. The van der Waals surface area contributed by atoms with Crippen LogP contribution in [0.15, 0.2) is 54.6 Å². The molecule has 0 aliphatic heterocycles. The lowest BCUT2D eigenvalue weighted by molar-refractivity contribution is 0.220. The van der Waals surface area contributed by atoms with E-state index in [-0.39, 0.29) is 0 Å². The molecule has 0 radical (unpaired) electrons. The molecule has 0 bridgehead atoms. The predicted octanol–water partition coefficient (Wildman–Crippen LogP) is 3.17. The van der Waals surface area contributed by atoms with E-state index < -0.39 is 6.10 Å². The van der Waals surface area contributed by atoms with Crippen LogP contribution < -0.4 is 0 Å². The average molecular weight is 237 g/mol. The summed E-state index contributed by atoms with van der Waals surface area (Å²) in [5.74, 6) is 0. The number of hydrogen-bond acceptors (Lipinski definition) is 2. The highest BCUT2D eigenvalue weighted by Crippen LogP contribution is 2.20. The second kappa shape index (κ2) is 6.00. The summed E-state index contributed by atoms with van der Waals surface area (Å²) in [5, 5.41) is 17.8. The number of aliphatic hydroxyl groups excluding tert-OH is 1. The van der Waals surface area contributed by atoms with Gasteiger partial charge in [-0.25, -0.2) is 0 Å². The van der Waals surface area contributed by atoms with Crippen LogP contribution in [0.5, 0.6) is 0 Å². The van der Waals surface area contributed by atoms with Crippen LogP contribution in [0, 0.1) is 11.3 Å². The van der Waals surface area contributed by atoms with Gasteiger partial charge in [0, 0.05) is 0 Å². The van der Waals surface area contributed by atoms with Gasteiger partial charge in [-0.2, -0.15) is 5.26 Å². The van der Waals surface area contributed by atoms with Crippen molar-refractivity contribution in [3.63, 3.8) is 0 Å². The number of aliphatic hydroxyl groups is 1. The van der Waals surface area contributed by atoms with Gasteiger partial charge in [-0.3, -0.25) is 0 Å². The summed E-state index contributed by atoms with van der Waals surface area (Å²) in [7, 11) is 0. The van der Waals surface area contributed by atoms with Gasteiger partial charge in [0.05, 0.1) is 6.07 Å². The largest absolute Gasteiger partial charge is 0.378 e. The number of hydrogen-bond donors (Lipinski definition) is 1. The van der Waals surface area contributed by atoms with Gasteiger partial charge in [-0.05, 0) is 29.5 Å². The van der Waals surface area contributed by atoms with Crippen LogP contribution in [0.25, 0.3) is 11.1 Å². The first-order valence-electron chi connectivity index (χ1n) is 6.01. The first-order chi connectivity index (χ1) is 8.79. The van der Waals surface area contributed by atoms with Gasteiger partial charge in [-0.15, -0.1) is 0 Å². The minimum absolute atomic E-state index is 0.481. The number of nitriles is 1. The zero-order valence-electron chi connectivity index (χ0n) is 10.1. The van der Waals surface area contributed by atoms with Crippen molar-refractivity contribution < 1.29 is 5.11 Å². The molecule has 2 nitrogen and oxygen atoms in total. The van der Waals surface area contributed by atoms with Crippen molar-refractivity contribution in [2.45, 2.75) is 18.9 Å². The first-order valence-corrected chi connectivity index (χ1v) is 6.01. The van der Waals surface area contributed by atoms with Gasteiger partial charge in [0.1, 0.15) is 6.10 Å². The van der Waals surface area contributed by atoms with Crippen molar-refractivity contribution >= 4 is 0 Å². The highest BCUT2D eigenvalue weighted by atomic mass is 16.3. The molecular formula is C16H15NO. The fourth-order valence-corrected chi connectivity index (χ4v) is 1.90. The SMILES string of the molecule is N#CC(O)CCc1cccc(-c2ccccc2)c1. The van der Waals surface area contributed by atoms with Crippen molar-refractivity contribution in [3.8, 4) is 17.2 Å². The Kier molecular flexibility index (Phi) is 4.11. The van der Waals surface area contributed by atoms with Crippen molar-refractivity contribution in [1.29, 1.82) is 5.26 Å². The monoisotopic (exact) mass is 237 g/mol. The molecule has 90 valence electrons. The van der Waals surface area contributed by atoms with E-state index in [2.05, 4.69) is 24.3 Å². The molecule has 0 heterocycles. The smallest absolute Gasteiger partial charge is 0.140 e. The van der Waals surface area contributed by atoms with Crippen LogP contribution in [-0.4, -0.2) is 11.2 Å². The van der Waals surface area contributed by atoms with Crippen LogP contribution in [0.2, 0.25) is 0 Å². The molecule has 0 aromatic heterocycles. The average Bonchev–Trinajstić information content (AvgIpc) is 2.46. The van der Waals surface area contributed by atoms with Gasteiger partial charge in [0.25, 0.3) is 0 Å². The van der Waals surface area contributed by atoms with Crippen LogP contribution in [0.1, 0.15) is 12.0 Å². The molecule has 0 aliphatic carbocycles. The number of nitrogens with zero attached hydrogens (tertiary/aromatic N) is 1. The maximum Gasteiger partial charge on any atom is 0.140 e. The molecule has 0 amide bonds. The Morgan fingerprint density at radius 1 is 1.00 bits per heavy atom. The fourth-order valence-electron chi connectivity index (χ4n) is 1.90. The third-order valence-corrected chi connectivity index (χ3v) is 2.89. The molecule has 0 saturated heterocycles. The van der Waals surface area contributed by atoms with E-state index in [0.29, 0.717) is 6.42 Å². The minimum Gasteiger partial charge on any atom is -0.378 e. The fraction of sp³-hybridized carbons (Fsp3) is 0.188. The molecule has 0 aliphatic rings. The number of aryl methyl sites for hydroxylation is 1. The van der Waals surface area contributed by atoms with Crippen LogP contribution >= 0.6 is 0 Å². The predicted molar refractivity (Wildman–Crippen MR) is 71.8 cm³/mol. The maximum atomic E-state index is 9.24. The Morgan fingerprint density at radius 2 is 1.72 bits per heavy atom. The molecule has 0 spiro atoms. The van der Waals surface area contributed by atoms with Crippen molar-refractivity contribution in [3.05, 3.63) is 60.2 Å². The Bertz CT molecular complexity index is 543. The Labute approximate surface area is 107 Å². The van der Waals surface area contributed by atoms with E-state index in [0.717, 1.165) is 12.0 Å². The summed E-state index contributed by atoms with van der Waals surface area (Å²) in [6.45, 7) is 0.